The highest BCUT2D eigenvalue weighted by Gasteiger charge is 2.20. The predicted molar refractivity (Wildman–Crippen MR) is 119 cm³/mol. The van der Waals surface area contributed by atoms with Crippen LogP contribution in [-0.2, 0) is 35.3 Å². The van der Waals surface area contributed by atoms with Crippen molar-refractivity contribution in [1.82, 2.24) is 5.32 Å². The van der Waals surface area contributed by atoms with Crippen LogP contribution in [-0.4, -0.2) is 17.9 Å². The maximum Gasteiger partial charge on any atom is 0.246 e. The average Bonchev–Trinajstić information content (AvgIpc) is 2.92. The summed E-state index contributed by atoms with van der Waals surface area (Å²) in [4.78, 5) is 25.0. The zero-order valence-electron chi connectivity index (χ0n) is 17.8. The average molecular weight is 434 g/mol. The standard InChI is InChI=1S/C26H24F2N2O2/c1-16(29-25(31)13-17-11-21(27)15-22(28)12-17)26(32)30-24-8-4-7-20-14-19-6-3-2-5-18(19)9-10-23(20)24/h2-8,11-12,15-16H,9-10,13-14H2,1H3,(H,29,31)(H,30,32)/t16-/m0/s1. The van der Waals surface area contributed by atoms with Gasteiger partial charge in [-0.25, -0.2) is 8.78 Å². The number of benzene rings is 3. The molecule has 0 aliphatic heterocycles. The molecule has 0 fully saturated rings. The second-order valence-electron chi connectivity index (χ2n) is 8.12. The second-order valence-corrected chi connectivity index (χ2v) is 8.12. The third kappa shape index (κ3) is 5.02. The van der Waals surface area contributed by atoms with E-state index in [9.17, 15) is 18.4 Å². The molecule has 1 aliphatic rings. The maximum absolute atomic E-state index is 13.3. The van der Waals surface area contributed by atoms with Crippen molar-refractivity contribution in [2.24, 2.45) is 0 Å². The third-order valence-corrected chi connectivity index (χ3v) is 5.73. The Morgan fingerprint density at radius 1 is 0.906 bits per heavy atom. The van der Waals surface area contributed by atoms with Gasteiger partial charge >= 0.3 is 0 Å². The minimum absolute atomic E-state index is 0.209. The van der Waals surface area contributed by atoms with Gasteiger partial charge in [0.25, 0.3) is 0 Å². The van der Waals surface area contributed by atoms with E-state index in [0.717, 1.165) is 48.7 Å². The van der Waals surface area contributed by atoms with Crippen LogP contribution in [0.3, 0.4) is 0 Å². The van der Waals surface area contributed by atoms with Crippen molar-refractivity contribution in [1.29, 1.82) is 0 Å². The molecule has 2 N–H and O–H groups in total. The van der Waals surface area contributed by atoms with Crippen LogP contribution in [0.5, 0.6) is 0 Å². The fourth-order valence-corrected chi connectivity index (χ4v) is 4.15. The van der Waals surface area contributed by atoms with Crippen molar-refractivity contribution in [3.05, 3.63) is 100 Å². The summed E-state index contributed by atoms with van der Waals surface area (Å²) in [6.45, 7) is 1.58. The fraction of sp³-hybridized carbons (Fsp3) is 0.231. The first-order valence-corrected chi connectivity index (χ1v) is 10.6. The Morgan fingerprint density at radius 3 is 2.34 bits per heavy atom. The van der Waals surface area contributed by atoms with Gasteiger partial charge in [-0.05, 0) is 72.2 Å². The number of halogens is 2. The molecule has 0 heterocycles. The zero-order valence-corrected chi connectivity index (χ0v) is 17.8. The summed E-state index contributed by atoms with van der Waals surface area (Å²) in [7, 11) is 0. The Kier molecular flexibility index (Phi) is 6.30. The first kappa shape index (κ1) is 21.7. The Labute approximate surface area is 185 Å². The summed E-state index contributed by atoms with van der Waals surface area (Å²) in [5.41, 5.74) is 5.84. The van der Waals surface area contributed by atoms with Crippen LogP contribution in [0.2, 0.25) is 0 Å². The van der Waals surface area contributed by atoms with Crippen LogP contribution >= 0.6 is 0 Å². The highest BCUT2D eigenvalue weighted by Crippen LogP contribution is 2.29. The van der Waals surface area contributed by atoms with E-state index in [0.29, 0.717) is 0 Å². The number of hydrogen-bond donors (Lipinski definition) is 2. The molecular formula is C26H24F2N2O2. The molecule has 3 aromatic carbocycles. The van der Waals surface area contributed by atoms with E-state index in [1.165, 1.54) is 16.7 Å². The summed E-state index contributed by atoms with van der Waals surface area (Å²) < 4.78 is 26.7. The monoisotopic (exact) mass is 434 g/mol. The lowest BCUT2D eigenvalue weighted by atomic mass is 9.99. The lowest BCUT2D eigenvalue weighted by molar-refractivity contribution is -0.125. The van der Waals surface area contributed by atoms with E-state index in [1.54, 1.807) is 6.92 Å². The van der Waals surface area contributed by atoms with E-state index in [4.69, 9.17) is 0 Å². The smallest absolute Gasteiger partial charge is 0.246 e. The van der Waals surface area contributed by atoms with Gasteiger partial charge in [-0.3, -0.25) is 9.59 Å². The second kappa shape index (κ2) is 9.30. The van der Waals surface area contributed by atoms with E-state index >= 15 is 0 Å². The quantitative estimate of drug-likeness (QED) is 0.628. The number of aryl methyl sites for hydroxylation is 1. The SMILES string of the molecule is C[C@H](NC(=O)Cc1cc(F)cc(F)c1)C(=O)Nc1cccc2c1CCc1ccccc1C2. The van der Waals surface area contributed by atoms with Gasteiger partial charge in [0, 0.05) is 11.8 Å². The largest absolute Gasteiger partial charge is 0.344 e. The molecule has 1 aliphatic carbocycles. The van der Waals surface area contributed by atoms with Gasteiger partial charge in [-0.2, -0.15) is 0 Å². The van der Waals surface area contributed by atoms with Crippen molar-refractivity contribution in [2.45, 2.75) is 38.6 Å². The first-order valence-electron chi connectivity index (χ1n) is 10.6. The summed E-state index contributed by atoms with van der Waals surface area (Å²) in [5, 5.41) is 5.54. The molecule has 0 radical (unpaired) electrons. The minimum Gasteiger partial charge on any atom is -0.344 e. The number of carbonyl (C=O) groups excluding carboxylic acids is 2. The van der Waals surface area contributed by atoms with Crippen molar-refractivity contribution in [3.63, 3.8) is 0 Å². The van der Waals surface area contributed by atoms with E-state index in [2.05, 4.69) is 28.8 Å². The topological polar surface area (TPSA) is 58.2 Å². The predicted octanol–water partition coefficient (Wildman–Crippen LogP) is 4.34. The van der Waals surface area contributed by atoms with Crippen molar-refractivity contribution in [3.8, 4) is 0 Å². The molecular weight excluding hydrogens is 410 g/mol. The van der Waals surface area contributed by atoms with E-state index in [-0.39, 0.29) is 17.9 Å². The van der Waals surface area contributed by atoms with E-state index in [1.807, 2.05) is 24.3 Å². The third-order valence-electron chi connectivity index (χ3n) is 5.73. The van der Waals surface area contributed by atoms with Crippen LogP contribution in [0.15, 0.2) is 60.7 Å². The molecule has 164 valence electrons. The molecule has 6 heteroatoms. The normalized spacial score (nSPS) is 13.3. The molecule has 4 nitrogen and oxygen atoms in total. The molecule has 0 aromatic heterocycles. The summed E-state index contributed by atoms with van der Waals surface area (Å²) in [6.07, 6.45) is 2.30. The number of anilines is 1. The lowest BCUT2D eigenvalue weighted by Gasteiger charge is -2.17. The molecule has 0 spiro atoms. The Hall–Kier alpha value is -3.54. The highest BCUT2D eigenvalue weighted by atomic mass is 19.1. The van der Waals surface area contributed by atoms with Crippen LogP contribution < -0.4 is 10.6 Å². The fourth-order valence-electron chi connectivity index (χ4n) is 4.15. The molecule has 1 atom stereocenters. The number of hydrogen-bond acceptors (Lipinski definition) is 2. The van der Waals surface area contributed by atoms with Crippen LogP contribution in [0, 0.1) is 11.6 Å². The molecule has 0 saturated heterocycles. The van der Waals surface area contributed by atoms with Gasteiger partial charge in [0.15, 0.2) is 0 Å². The van der Waals surface area contributed by atoms with Gasteiger partial charge in [-0.15, -0.1) is 0 Å². The molecule has 4 rings (SSSR count). The Bertz CT molecular complexity index is 1160. The van der Waals surface area contributed by atoms with Crippen molar-refractivity contribution in [2.75, 3.05) is 5.32 Å². The number of carbonyl (C=O) groups is 2. The highest BCUT2D eigenvalue weighted by molar-refractivity contribution is 5.97. The molecule has 0 unspecified atom stereocenters. The Balaban J connectivity index is 1.42. The zero-order chi connectivity index (χ0) is 22.7. The summed E-state index contributed by atoms with van der Waals surface area (Å²) in [5.74, 6) is -2.32. The van der Waals surface area contributed by atoms with Gasteiger partial charge < -0.3 is 10.6 Å². The number of rotatable bonds is 5. The van der Waals surface area contributed by atoms with Crippen LogP contribution in [0.4, 0.5) is 14.5 Å². The van der Waals surface area contributed by atoms with Gasteiger partial charge in [0.1, 0.15) is 17.7 Å². The summed E-state index contributed by atoms with van der Waals surface area (Å²) >= 11 is 0. The summed E-state index contributed by atoms with van der Waals surface area (Å²) in [6, 6.07) is 16.4. The Morgan fingerprint density at radius 2 is 1.59 bits per heavy atom. The number of fused-ring (bicyclic) bond motifs is 2. The minimum atomic E-state index is -0.806. The van der Waals surface area contributed by atoms with Gasteiger partial charge in [0.05, 0.1) is 6.42 Å². The molecule has 32 heavy (non-hydrogen) atoms. The van der Waals surface area contributed by atoms with Crippen molar-refractivity contribution < 1.29 is 18.4 Å². The van der Waals surface area contributed by atoms with E-state index < -0.39 is 23.6 Å². The maximum atomic E-state index is 13.3. The molecule has 3 aromatic rings. The first-order chi connectivity index (χ1) is 15.4. The van der Waals surface area contributed by atoms with Gasteiger partial charge in [-0.1, -0.05) is 36.4 Å². The van der Waals surface area contributed by atoms with Crippen LogP contribution in [0.25, 0.3) is 0 Å². The van der Waals surface area contributed by atoms with Crippen molar-refractivity contribution >= 4 is 17.5 Å². The number of nitrogens with one attached hydrogen (secondary N) is 2. The van der Waals surface area contributed by atoms with Gasteiger partial charge in [0.2, 0.25) is 11.8 Å². The molecule has 0 bridgehead atoms. The van der Waals surface area contributed by atoms with Crippen LogP contribution in [0.1, 0.15) is 34.7 Å². The number of amides is 2. The molecule has 2 amide bonds. The molecule has 0 saturated carbocycles. The lowest BCUT2D eigenvalue weighted by Crippen LogP contribution is -2.42.